The first-order valence-corrected chi connectivity index (χ1v) is 6.90. The van der Waals surface area contributed by atoms with Crippen LogP contribution in [0.2, 0.25) is 0 Å². The Morgan fingerprint density at radius 3 is 3.21 bits per heavy atom. The van der Waals surface area contributed by atoms with E-state index in [4.69, 9.17) is 0 Å². The van der Waals surface area contributed by atoms with E-state index in [2.05, 4.69) is 27.4 Å². The van der Waals surface area contributed by atoms with Crippen molar-refractivity contribution in [1.29, 1.82) is 0 Å². The molecule has 98 valence electrons. The zero-order valence-corrected chi connectivity index (χ0v) is 11.3. The summed E-state index contributed by atoms with van der Waals surface area (Å²) in [6.45, 7) is 0.864. The van der Waals surface area contributed by atoms with Gasteiger partial charge in [0.2, 0.25) is 0 Å². The molecule has 3 nitrogen and oxygen atoms in total. The number of pyridine rings is 2. The Balaban J connectivity index is 1.97. The maximum Gasteiger partial charge on any atom is 0.0510 e. The number of nitrogens with one attached hydrogen (secondary N) is 1. The van der Waals surface area contributed by atoms with Crippen molar-refractivity contribution in [3.8, 4) is 0 Å². The summed E-state index contributed by atoms with van der Waals surface area (Å²) in [4.78, 5) is 8.99. The van der Waals surface area contributed by atoms with Crippen molar-refractivity contribution in [2.75, 3.05) is 7.05 Å². The second kappa shape index (κ2) is 5.49. The third-order valence-electron chi connectivity index (χ3n) is 3.79. The minimum atomic E-state index is 0.411. The van der Waals surface area contributed by atoms with Crippen molar-refractivity contribution < 1.29 is 0 Å². The van der Waals surface area contributed by atoms with Gasteiger partial charge in [-0.1, -0.05) is 12.1 Å². The van der Waals surface area contributed by atoms with Crippen molar-refractivity contribution in [2.45, 2.75) is 31.7 Å². The molecule has 0 spiro atoms. The van der Waals surface area contributed by atoms with Crippen molar-refractivity contribution >= 4 is 0 Å². The molecule has 1 unspecified atom stereocenters. The zero-order chi connectivity index (χ0) is 13.1. The fraction of sp³-hybridized carbons (Fsp3) is 0.375. The monoisotopic (exact) mass is 253 g/mol. The summed E-state index contributed by atoms with van der Waals surface area (Å²) in [5.74, 6) is 0.411. The lowest BCUT2D eigenvalue weighted by Gasteiger charge is -2.24. The molecule has 1 aliphatic carbocycles. The molecule has 3 heteroatoms. The van der Waals surface area contributed by atoms with Crippen LogP contribution in [0.3, 0.4) is 0 Å². The van der Waals surface area contributed by atoms with Gasteiger partial charge >= 0.3 is 0 Å². The molecule has 2 aromatic rings. The quantitative estimate of drug-likeness (QED) is 0.914. The number of nitrogens with zero attached hydrogens (tertiary/aromatic N) is 2. The second-order valence-corrected chi connectivity index (χ2v) is 5.15. The number of aromatic nitrogens is 2. The number of fused-ring (bicyclic) bond motifs is 1. The van der Waals surface area contributed by atoms with Crippen LogP contribution in [0.5, 0.6) is 0 Å². The van der Waals surface area contributed by atoms with Gasteiger partial charge in [-0.05, 0) is 49.1 Å². The maximum atomic E-state index is 4.61. The Bertz CT molecular complexity index is 565. The van der Waals surface area contributed by atoms with E-state index in [0.29, 0.717) is 5.92 Å². The third-order valence-corrected chi connectivity index (χ3v) is 3.79. The van der Waals surface area contributed by atoms with E-state index < -0.39 is 0 Å². The average molecular weight is 253 g/mol. The fourth-order valence-corrected chi connectivity index (χ4v) is 2.93. The molecule has 0 bridgehead atoms. The molecule has 0 fully saturated rings. The van der Waals surface area contributed by atoms with Crippen molar-refractivity contribution in [2.24, 2.45) is 0 Å². The molecule has 1 N–H and O–H groups in total. The van der Waals surface area contributed by atoms with Crippen LogP contribution in [0.25, 0.3) is 0 Å². The SMILES string of the molecule is CNCc1cncc(C2CCCc3cccnc32)c1. The zero-order valence-electron chi connectivity index (χ0n) is 11.3. The molecular weight excluding hydrogens is 234 g/mol. The minimum absolute atomic E-state index is 0.411. The summed E-state index contributed by atoms with van der Waals surface area (Å²) in [6.07, 6.45) is 9.40. The molecule has 1 atom stereocenters. The Labute approximate surface area is 114 Å². The number of hydrogen-bond donors (Lipinski definition) is 1. The van der Waals surface area contributed by atoms with Crippen molar-refractivity contribution in [1.82, 2.24) is 15.3 Å². The van der Waals surface area contributed by atoms with E-state index in [1.165, 1.54) is 35.2 Å². The third kappa shape index (κ3) is 2.51. The lowest BCUT2D eigenvalue weighted by Crippen LogP contribution is -2.14. The highest BCUT2D eigenvalue weighted by Crippen LogP contribution is 2.34. The molecule has 0 radical (unpaired) electrons. The van der Waals surface area contributed by atoms with Crippen LogP contribution in [0.1, 0.15) is 41.1 Å². The molecule has 0 aliphatic heterocycles. The predicted molar refractivity (Wildman–Crippen MR) is 76.0 cm³/mol. The summed E-state index contributed by atoms with van der Waals surface area (Å²) < 4.78 is 0. The summed E-state index contributed by atoms with van der Waals surface area (Å²) in [5, 5.41) is 3.18. The Hall–Kier alpha value is -1.74. The van der Waals surface area contributed by atoms with E-state index in [1.54, 1.807) is 0 Å². The lowest BCUT2D eigenvalue weighted by molar-refractivity contribution is 0.596. The number of aryl methyl sites for hydroxylation is 1. The highest BCUT2D eigenvalue weighted by atomic mass is 14.8. The smallest absolute Gasteiger partial charge is 0.0510 e. The van der Waals surface area contributed by atoms with Crippen LogP contribution in [0.4, 0.5) is 0 Å². The average Bonchev–Trinajstić information content (AvgIpc) is 2.47. The highest BCUT2D eigenvalue weighted by Gasteiger charge is 2.23. The van der Waals surface area contributed by atoms with Gasteiger partial charge in [-0.15, -0.1) is 0 Å². The Kier molecular flexibility index (Phi) is 3.56. The molecule has 0 saturated carbocycles. The number of rotatable bonds is 3. The first-order valence-electron chi connectivity index (χ1n) is 6.90. The summed E-state index contributed by atoms with van der Waals surface area (Å²) >= 11 is 0. The van der Waals surface area contributed by atoms with E-state index in [1.807, 2.05) is 31.7 Å². The standard InChI is InChI=1S/C16H19N3/c1-17-9-12-8-14(11-18-10-12)15-6-2-4-13-5-3-7-19-16(13)15/h3,5,7-8,10-11,15,17H,2,4,6,9H2,1H3. The topological polar surface area (TPSA) is 37.8 Å². The van der Waals surface area contributed by atoms with E-state index in [-0.39, 0.29) is 0 Å². The predicted octanol–water partition coefficient (Wildman–Crippen LogP) is 2.66. The number of hydrogen-bond acceptors (Lipinski definition) is 3. The van der Waals surface area contributed by atoms with Gasteiger partial charge in [0.05, 0.1) is 5.69 Å². The van der Waals surface area contributed by atoms with Gasteiger partial charge in [0.1, 0.15) is 0 Å². The molecule has 2 aromatic heterocycles. The molecule has 2 heterocycles. The first-order chi connectivity index (χ1) is 9.38. The fourth-order valence-electron chi connectivity index (χ4n) is 2.93. The summed E-state index contributed by atoms with van der Waals surface area (Å²) in [7, 11) is 1.96. The second-order valence-electron chi connectivity index (χ2n) is 5.15. The largest absolute Gasteiger partial charge is 0.316 e. The van der Waals surface area contributed by atoms with Gasteiger partial charge in [0, 0.05) is 31.1 Å². The van der Waals surface area contributed by atoms with Crippen LogP contribution in [0.15, 0.2) is 36.8 Å². The van der Waals surface area contributed by atoms with Gasteiger partial charge in [-0.25, -0.2) is 0 Å². The molecule has 1 aliphatic rings. The Morgan fingerprint density at radius 2 is 2.32 bits per heavy atom. The van der Waals surface area contributed by atoms with Crippen LogP contribution >= 0.6 is 0 Å². The molecule has 0 aromatic carbocycles. The van der Waals surface area contributed by atoms with Gasteiger partial charge in [0.15, 0.2) is 0 Å². The maximum absolute atomic E-state index is 4.61. The first kappa shape index (κ1) is 12.3. The van der Waals surface area contributed by atoms with Gasteiger partial charge < -0.3 is 5.32 Å². The van der Waals surface area contributed by atoms with Crippen LogP contribution in [-0.2, 0) is 13.0 Å². The highest BCUT2D eigenvalue weighted by molar-refractivity contribution is 5.35. The van der Waals surface area contributed by atoms with Gasteiger partial charge in [-0.3, -0.25) is 9.97 Å². The normalized spacial score (nSPS) is 18.1. The van der Waals surface area contributed by atoms with Crippen LogP contribution in [-0.4, -0.2) is 17.0 Å². The molecular formula is C16H19N3. The van der Waals surface area contributed by atoms with Crippen molar-refractivity contribution in [3.63, 3.8) is 0 Å². The molecule has 0 saturated heterocycles. The van der Waals surface area contributed by atoms with E-state index in [9.17, 15) is 0 Å². The van der Waals surface area contributed by atoms with Gasteiger partial charge in [-0.2, -0.15) is 0 Å². The lowest BCUT2D eigenvalue weighted by atomic mass is 9.82. The molecule has 3 rings (SSSR count). The summed E-state index contributed by atoms with van der Waals surface area (Å²) in [6, 6.07) is 6.51. The van der Waals surface area contributed by atoms with Crippen LogP contribution in [0, 0.1) is 0 Å². The minimum Gasteiger partial charge on any atom is -0.316 e. The van der Waals surface area contributed by atoms with Crippen LogP contribution < -0.4 is 5.32 Å². The molecule has 0 amide bonds. The van der Waals surface area contributed by atoms with Gasteiger partial charge in [0.25, 0.3) is 0 Å². The Morgan fingerprint density at radius 1 is 1.37 bits per heavy atom. The molecule has 19 heavy (non-hydrogen) atoms. The van der Waals surface area contributed by atoms with E-state index >= 15 is 0 Å². The van der Waals surface area contributed by atoms with Crippen molar-refractivity contribution in [3.05, 3.63) is 59.2 Å². The summed E-state index contributed by atoms with van der Waals surface area (Å²) in [5.41, 5.74) is 5.19. The van der Waals surface area contributed by atoms with E-state index in [0.717, 1.165) is 13.0 Å².